The van der Waals surface area contributed by atoms with Gasteiger partial charge in [-0.1, -0.05) is 57.5 Å². The van der Waals surface area contributed by atoms with E-state index < -0.39 is 35.7 Å². The van der Waals surface area contributed by atoms with Crippen molar-refractivity contribution in [3.05, 3.63) is 35.9 Å². The number of rotatable bonds is 6. The Morgan fingerprint density at radius 2 is 1.71 bits per heavy atom. The summed E-state index contributed by atoms with van der Waals surface area (Å²) in [5.41, 5.74) is -3.90. The quantitative estimate of drug-likeness (QED) is 0.477. The number of hydrogen-bond donors (Lipinski definition) is 0. The summed E-state index contributed by atoms with van der Waals surface area (Å²) >= 11 is 0. The van der Waals surface area contributed by atoms with Gasteiger partial charge < -0.3 is 14.2 Å². The highest BCUT2D eigenvalue weighted by Gasteiger charge is 2.65. The molecule has 2 aliphatic carbocycles. The van der Waals surface area contributed by atoms with Gasteiger partial charge in [0.05, 0.1) is 6.61 Å². The second-order valence-corrected chi connectivity index (χ2v) is 10.6. The van der Waals surface area contributed by atoms with Crippen LogP contribution in [0.15, 0.2) is 30.3 Å². The first kappa shape index (κ1) is 26.5. The van der Waals surface area contributed by atoms with Gasteiger partial charge in [0.1, 0.15) is 6.10 Å². The Balaban J connectivity index is 1.98. The van der Waals surface area contributed by atoms with Crippen molar-refractivity contribution < 1.29 is 37.0 Å². The van der Waals surface area contributed by atoms with Crippen LogP contribution >= 0.6 is 0 Å². The molecule has 0 saturated heterocycles. The number of carbonyl (C=O) groups excluding carboxylic acids is 2. The lowest BCUT2D eigenvalue weighted by atomic mass is 9.48. The molecular formula is C26H35F3O5. The minimum Gasteiger partial charge on any atom is -0.465 e. The molecule has 0 radical (unpaired) electrons. The van der Waals surface area contributed by atoms with E-state index >= 15 is 0 Å². The van der Waals surface area contributed by atoms with Crippen molar-refractivity contribution in [1.82, 2.24) is 0 Å². The van der Waals surface area contributed by atoms with E-state index in [1.165, 1.54) is 31.2 Å². The summed E-state index contributed by atoms with van der Waals surface area (Å²) in [6.45, 7) is 7.80. The van der Waals surface area contributed by atoms with Crippen LogP contribution in [-0.4, -0.2) is 37.9 Å². The summed E-state index contributed by atoms with van der Waals surface area (Å²) in [4.78, 5) is 24.9. The fraction of sp³-hybridized carbons (Fsp3) is 0.692. The monoisotopic (exact) mass is 484 g/mol. The lowest BCUT2D eigenvalue weighted by molar-refractivity contribution is -0.281. The van der Waals surface area contributed by atoms with E-state index in [2.05, 4.69) is 20.8 Å². The molecule has 0 heterocycles. The number of hydrogen-bond acceptors (Lipinski definition) is 5. The first-order chi connectivity index (χ1) is 15.8. The van der Waals surface area contributed by atoms with Gasteiger partial charge in [-0.3, -0.25) is 4.79 Å². The van der Waals surface area contributed by atoms with E-state index in [1.54, 1.807) is 6.07 Å². The maximum absolute atomic E-state index is 14.4. The molecule has 5 atom stereocenters. The standard InChI is InChI=1S/C26H35F3O5/c1-17(30)33-16-19-20(12-13-21-23(2,3)14-9-15-24(19,21)4)34-22(31)25(32-5,26(27,28)29)18-10-7-6-8-11-18/h6-8,10-11,19-21H,9,12-16H2,1-5H3/t19-,20+,21?,24+,25-/m1/s1. The number of alkyl halides is 3. The Morgan fingerprint density at radius 3 is 2.26 bits per heavy atom. The second-order valence-electron chi connectivity index (χ2n) is 10.6. The molecule has 2 aliphatic rings. The topological polar surface area (TPSA) is 61.8 Å². The Morgan fingerprint density at radius 1 is 1.06 bits per heavy atom. The molecule has 3 rings (SSSR count). The van der Waals surface area contributed by atoms with Gasteiger partial charge in [-0.15, -0.1) is 0 Å². The fourth-order valence-corrected chi connectivity index (χ4v) is 6.54. The highest BCUT2D eigenvalue weighted by Crippen LogP contribution is 2.60. The fourth-order valence-electron chi connectivity index (χ4n) is 6.54. The van der Waals surface area contributed by atoms with Crippen LogP contribution in [0.3, 0.4) is 0 Å². The summed E-state index contributed by atoms with van der Waals surface area (Å²) in [5.74, 6) is -2.12. The molecule has 1 aromatic carbocycles. The number of benzene rings is 1. The molecule has 0 bridgehead atoms. The van der Waals surface area contributed by atoms with E-state index in [9.17, 15) is 22.8 Å². The molecule has 34 heavy (non-hydrogen) atoms. The van der Waals surface area contributed by atoms with Crippen molar-refractivity contribution in [3.8, 4) is 0 Å². The third-order valence-corrected chi connectivity index (χ3v) is 8.21. The van der Waals surface area contributed by atoms with Crippen molar-refractivity contribution in [2.75, 3.05) is 13.7 Å². The zero-order chi connectivity index (χ0) is 25.4. The van der Waals surface area contributed by atoms with Gasteiger partial charge in [0.25, 0.3) is 5.60 Å². The maximum Gasteiger partial charge on any atom is 0.432 e. The second kappa shape index (κ2) is 9.51. The number of methoxy groups -OCH3 is 1. The molecule has 2 fully saturated rings. The van der Waals surface area contributed by atoms with Crippen LogP contribution in [0, 0.1) is 22.7 Å². The van der Waals surface area contributed by atoms with Gasteiger partial charge in [-0.05, 0) is 42.4 Å². The van der Waals surface area contributed by atoms with Gasteiger partial charge >= 0.3 is 18.1 Å². The molecule has 1 unspecified atom stereocenters. The highest BCUT2D eigenvalue weighted by molar-refractivity contribution is 5.83. The largest absolute Gasteiger partial charge is 0.465 e. The predicted molar refractivity (Wildman–Crippen MR) is 120 cm³/mol. The molecule has 0 aliphatic heterocycles. The first-order valence-electron chi connectivity index (χ1n) is 11.8. The van der Waals surface area contributed by atoms with Gasteiger partial charge in [0, 0.05) is 25.5 Å². The number of esters is 2. The Bertz CT molecular complexity index is 884. The molecule has 1 aromatic rings. The lowest BCUT2D eigenvalue weighted by Gasteiger charge is -2.58. The molecule has 5 nitrogen and oxygen atoms in total. The lowest BCUT2D eigenvalue weighted by Crippen LogP contribution is -2.58. The third kappa shape index (κ3) is 4.58. The average molecular weight is 485 g/mol. The summed E-state index contributed by atoms with van der Waals surface area (Å²) < 4.78 is 59.0. The van der Waals surface area contributed by atoms with Crippen molar-refractivity contribution in [2.45, 2.75) is 77.7 Å². The number of carbonyl (C=O) groups is 2. The summed E-state index contributed by atoms with van der Waals surface area (Å²) in [7, 11) is 0.861. The van der Waals surface area contributed by atoms with Gasteiger partial charge in [0.15, 0.2) is 0 Å². The van der Waals surface area contributed by atoms with Crippen LogP contribution in [0.2, 0.25) is 0 Å². The molecular weight excluding hydrogens is 449 g/mol. The first-order valence-corrected chi connectivity index (χ1v) is 11.8. The molecule has 0 spiro atoms. The molecule has 0 aromatic heterocycles. The van der Waals surface area contributed by atoms with Crippen molar-refractivity contribution in [3.63, 3.8) is 0 Å². The molecule has 190 valence electrons. The minimum atomic E-state index is -5.04. The van der Waals surface area contributed by atoms with E-state index in [1.807, 2.05) is 0 Å². The number of halogens is 3. The van der Waals surface area contributed by atoms with Crippen LogP contribution in [0.25, 0.3) is 0 Å². The van der Waals surface area contributed by atoms with Crippen LogP contribution in [-0.2, 0) is 29.4 Å². The average Bonchev–Trinajstić information content (AvgIpc) is 2.73. The molecule has 8 heteroatoms. The molecule has 0 N–H and O–H groups in total. The van der Waals surface area contributed by atoms with Crippen molar-refractivity contribution in [1.29, 1.82) is 0 Å². The van der Waals surface area contributed by atoms with E-state index in [4.69, 9.17) is 14.2 Å². The van der Waals surface area contributed by atoms with Crippen LogP contribution < -0.4 is 0 Å². The SMILES string of the molecule is CO[C@@](C(=O)O[C@H]1CCC2C(C)(C)CCC[C@@]2(C)[C@@H]1COC(C)=O)(c1ccccc1)C(F)(F)F. The van der Waals surface area contributed by atoms with Gasteiger partial charge in [-0.2, -0.15) is 13.2 Å². The Kier molecular flexibility index (Phi) is 7.42. The summed E-state index contributed by atoms with van der Waals surface area (Å²) in [5, 5.41) is 0. The summed E-state index contributed by atoms with van der Waals surface area (Å²) in [6.07, 6.45) is -1.93. The third-order valence-electron chi connectivity index (χ3n) is 8.21. The van der Waals surface area contributed by atoms with Gasteiger partial charge in [-0.25, -0.2) is 4.79 Å². The van der Waals surface area contributed by atoms with Crippen molar-refractivity contribution >= 4 is 11.9 Å². The highest BCUT2D eigenvalue weighted by atomic mass is 19.4. The van der Waals surface area contributed by atoms with Crippen LogP contribution in [0.4, 0.5) is 13.2 Å². The Hall–Kier alpha value is -2.09. The van der Waals surface area contributed by atoms with Gasteiger partial charge in [0.2, 0.25) is 0 Å². The van der Waals surface area contributed by atoms with E-state index in [0.717, 1.165) is 32.8 Å². The van der Waals surface area contributed by atoms with Crippen LogP contribution in [0.1, 0.15) is 65.4 Å². The zero-order valence-electron chi connectivity index (χ0n) is 20.5. The predicted octanol–water partition coefficient (Wildman–Crippen LogP) is 5.81. The summed E-state index contributed by atoms with van der Waals surface area (Å²) in [6, 6.07) is 6.81. The smallest absolute Gasteiger partial charge is 0.432 e. The molecule has 2 saturated carbocycles. The number of ether oxygens (including phenoxy) is 3. The Labute approximate surface area is 199 Å². The van der Waals surface area contributed by atoms with Crippen molar-refractivity contribution in [2.24, 2.45) is 22.7 Å². The van der Waals surface area contributed by atoms with E-state index in [0.29, 0.717) is 6.42 Å². The van der Waals surface area contributed by atoms with Crippen LogP contribution in [0.5, 0.6) is 0 Å². The normalized spacial score (nSPS) is 30.5. The molecule has 0 amide bonds. The minimum absolute atomic E-state index is 0.00625. The zero-order valence-corrected chi connectivity index (χ0v) is 20.5. The number of fused-ring (bicyclic) bond motifs is 1. The van der Waals surface area contributed by atoms with E-state index in [-0.39, 0.29) is 28.9 Å². The maximum atomic E-state index is 14.4.